The Bertz CT molecular complexity index is 1360. The number of rotatable bonds is 2. The zero-order valence-corrected chi connectivity index (χ0v) is 18.0. The Labute approximate surface area is 182 Å². The number of nitrogens with zero attached hydrogens (tertiary/aromatic N) is 2. The lowest BCUT2D eigenvalue weighted by Gasteiger charge is -2.28. The number of Topliss-reactive ketones (excluding diaryl/α,β-unsaturated/α-hetero) is 1. The number of thiazole rings is 1. The Morgan fingerprint density at radius 1 is 1.07 bits per heavy atom. The minimum Gasteiger partial charge on any atom is -0.294 e. The van der Waals surface area contributed by atoms with E-state index in [0.29, 0.717) is 26.4 Å². The third kappa shape index (κ3) is 3.28. The van der Waals surface area contributed by atoms with Gasteiger partial charge >= 0.3 is 0 Å². The number of benzene rings is 2. The van der Waals surface area contributed by atoms with Crippen molar-refractivity contribution in [2.24, 2.45) is 4.99 Å². The highest BCUT2D eigenvalue weighted by molar-refractivity contribution is 7.07. The van der Waals surface area contributed by atoms with Gasteiger partial charge in [-0.1, -0.05) is 64.9 Å². The number of aromatic nitrogens is 1. The summed E-state index contributed by atoms with van der Waals surface area (Å²) in [7, 11) is 0. The zero-order chi connectivity index (χ0) is 20.8. The van der Waals surface area contributed by atoms with Gasteiger partial charge < -0.3 is 0 Å². The van der Waals surface area contributed by atoms with Gasteiger partial charge in [-0.25, -0.2) is 4.99 Å². The highest BCUT2D eigenvalue weighted by Crippen LogP contribution is 2.36. The molecule has 2 aliphatic rings. The number of allylic oxidation sites excluding steroid dienone is 2. The fourth-order valence-electron chi connectivity index (χ4n) is 4.08. The van der Waals surface area contributed by atoms with E-state index >= 15 is 0 Å². The molecule has 30 heavy (non-hydrogen) atoms. The van der Waals surface area contributed by atoms with Crippen LogP contribution in [0.25, 0.3) is 6.08 Å². The average molecular weight is 435 g/mol. The molecule has 2 aromatic carbocycles. The minimum atomic E-state index is -0.457. The van der Waals surface area contributed by atoms with Crippen molar-refractivity contribution in [2.45, 2.75) is 32.2 Å². The summed E-state index contributed by atoms with van der Waals surface area (Å²) >= 11 is 7.46. The van der Waals surface area contributed by atoms with Gasteiger partial charge in [0.2, 0.25) is 0 Å². The summed E-state index contributed by atoms with van der Waals surface area (Å²) in [4.78, 5) is 31.7. The molecule has 4 nitrogen and oxygen atoms in total. The molecule has 0 fully saturated rings. The molecule has 0 bridgehead atoms. The molecule has 1 aliphatic carbocycles. The van der Waals surface area contributed by atoms with Gasteiger partial charge in [-0.15, -0.1) is 0 Å². The fourth-order valence-corrected chi connectivity index (χ4v) is 5.23. The molecule has 150 valence electrons. The molecule has 3 aromatic rings. The van der Waals surface area contributed by atoms with Crippen molar-refractivity contribution in [3.8, 4) is 0 Å². The van der Waals surface area contributed by atoms with Gasteiger partial charge in [-0.3, -0.25) is 14.2 Å². The van der Waals surface area contributed by atoms with Crippen molar-refractivity contribution in [2.75, 3.05) is 0 Å². The van der Waals surface area contributed by atoms with Crippen LogP contribution in [0.2, 0.25) is 5.02 Å². The number of halogens is 1. The first-order chi connectivity index (χ1) is 14.5. The SMILES string of the molecule is Cc1ccc(C=c2sc3n(c2=O)C(c2ccc(Cl)cc2)C2=C(CCCC2=O)N=3)cc1. The van der Waals surface area contributed by atoms with E-state index in [1.165, 1.54) is 16.9 Å². The van der Waals surface area contributed by atoms with E-state index < -0.39 is 6.04 Å². The monoisotopic (exact) mass is 434 g/mol. The van der Waals surface area contributed by atoms with E-state index in [0.717, 1.165) is 29.7 Å². The van der Waals surface area contributed by atoms with Crippen molar-refractivity contribution >= 4 is 34.8 Å². The predicted octanol–water partition coefficient (Wildman–Crippen LogP) is 3.93. The van der Waals surface area contributed by atoms with Crippen molar-refractivity contribution in [1.29, 1.82) is 0 Å². The summed E-state index contributed by atoms with van der Waals surface area (Å²) in [6, 6.07) is 15.0. The van der Waals surface area contributed by atoms with Gasteiger partial charge in [0.15, 0.2) is 10.6 Å². The summed E-state index contributed by atoms with van der Waals surface area (Å²) in [5.41, 5.74) is 4.35. The maximum atomic E-state index is 13.4. The number of carbonyl (C=O) groups is 1. The Morgan fingerprint density at radius 2 is 1.80 bits per heavy atom. The van der Waals surface area contributed by atoms with Crippen molar-refractivity contribution in [1.82, 2.24) is 4.57 Å². The van der Waals surface area contributed by atoms with Crippen LogP contribution in [0.4, 0.5) is 0 Å². The number of fused-ring (bicyclic) bond motifs is 1. The molecule has 1 atom stereocenters. The standard InChI is InChI=1S/C24H19ClN2O2S/c1-14-5-7-15(8-6-14)13-20-23(29)27-22(16-9-11-17(25)12-10-16)21-18(26-24(27)30-20)3-2-4-19(21)28/h5-13,22H,2-4H2,1H3. The van der Waals surface area contributed by atoms with Crippen LogP contribution in [-0.2, 0) is 4.79 Å². The van der Waals surface area contributed by atoms with Gasteiger partial charge in [0.25, 0.3) is 5.56 Å². The molecule has 0 radical (unpaired) electrons. The van der Waals surface area contributed by atoms with Gasteiger partial charge in [0.1, 0.15) is 0 Å². The molecular formula is C24H19ClN2O2S. The van der Waals surface area contributed by atoms with Crippen LogP contribution in [-0.4, -0.2) is 10.4 Å². The van der Waals surface area contributed by atoms with E-state index in [9.17, 15) is 9.59 Å². The maximum absolute atomic E-state index is 13.4. The maximum Gasteiger partial charge on any atom is 0.271 e. The van der Waals surface area contributed by atoms with Crippen LogP contribution >= 0.6 is 22.9 Å². The predicted molar refractivity (Wildman–Crippen MR) is 120 cm³/mol. The van der Waals surface area contributed by atoms with Gasteiger partial charge in [0.05, 0.1) is 16.3 Å². The van der Waals surface area contributed by atoms with E-state index in [-0.39, 0.29) is 11.3 Å². The lowest BCUT2D eigenvalue weighted by molar-refractivity contribution is -0.116. The first-order valence-corrected chi connectivity index (χ1v) is 11.1. The van der Waals surface area contributed by atoms with Crippen LogP contribution < -0.4 is 14.9 Å². The third-order valence-electron chi connectivity index (χ3n) is 5.59. The highest BCUT2D eigenvalue weighted by atomic mass is 35.5. The molecule has 2 heterocycles. The molecule has 0 saturated carbocycles. The second-order valence-corrected chi connectivity index (χ2v) is 9.13. The van der Waals surface area contributed by atoms with Crippen LogP contribution in [0, 0.1) is 6.92 Å². The summed E-state index contributed by atoms with van der Waals surface area (Å²) in [6.45, 7) is 2.03. The van der Waals surface area contributed by atoms with E-state index in [1.54, 1.807) is 16.7 Å². The molecule has 1 aromatic heterocycles. The number of aryl methyl sites for hydroxylation is 1. The molecule has 1 aliphatic heterocycles. The topological polar surface area (TPSA) is 51.4 Å². The summed E-state index contributed by atoms with van der Waals surface area (Å²) in [5, 5.41) is 0.620. The van der Waals surface area contributed by atoms with E-state index in [2.05, 4.69) is 0 Å². The first kappa shape index (κ1) is 19.2. The quantitative estimate of drug-likeness (QED) is 0.613. The van der Waals surface area contributed by atoms with Crippen LogP contribution in [0.3, 0.4) is 0 Å². The van der Waals surface area contributed by atoms with E-state index in [1.807, 2.05) is 49.4 Å². The lowest BCUT2D eigenvalue weighted by atomic mass is 9.86. The second kappa shape index (κ2) is 7.49. The third-order valence-corrected chi connectivity index (χ3v) is 6.82. The van der Waals surface area contributed by atoms with Gasteiger partial charge in [0, 0.05) is 17.0 Å². The number of hydrogen-bond acceptors (Lipinski definition) is 4. The molecular weight excluding hydrogens is 416 g/mol. The molecule has 0 saturated heterocycles. The number of carbonyl (C=O) groups excluding carboxylic acids is 1. The van der Waals surface area contributed by atoms with Crippen LogP contribution in [0.1, 0.15) is 42.0 Å². The first-order valence-electron chi connectivity index (χ1n) is 9.91. The highest BCUT2D eigenvalue weighted by Gasteiger charge is 2.34. The Kier molecular flexibility index (Phi) is 4.80. The average Bonchev–Trinajstić information content (AvgIpc) is 3.04. The largest absolute Gasteiger partial charge is 0.294 e. The van der Waals surface area contributed by atoms with Crippen LogP contribution in [0.15, 0.2) is 69.6 Å². The summed E-state index contributed by atoms with van der Waals surface area (Å²) < 4.78 is 2.29. The molecule has 6 heteroatoms. The van der Waals surface area contributed by atoms with Gasteiger partial charge in [-0.05, 0) is 49.1 Å². The van der Waals surface area contributed by atoms with Crippen molar-refractivity contribution < 1.29 is 4.79 Å². The van der Waals surface area contributed by atoms with Gasteiger partial charge in [-0.2, -0.15) is 0 Å². The second-order valence-electron chi connectivity index (χ2n) is 7.68. The Hall–Kier alpha value is -2.76. The van der Waals surface area contributed by atoms with E-state index in [4.69, 9.17) is 16.6 Å². The summed E-state index contributed by atoms with van der Waals surface area (Å²) in [6.07, 6.45) is 3.95. The Morgan fingerprint density at radius 3 is 2.53 bits per heavy atom. The molecule has 1 unspecified atom stereocenters. The van der Waals surface area contributed by atoms with Crippen molar-refractivity contribution in [3.63, 3.8) is 0 Å². The van der Waals surface area contributed by atoms with Crippen molar-refractivity contribution in [3.05, 3.63) is 101 Å². The minimum absolute atomic E-state index is 0.0766. The number of ketones is 1. The lowest BCUT2D eigenvalue weighted by Crippen LogP contribution is -2.40. The molecule has 0 amide bonds. The zero-order valence-electron chi connectivity index (χ0n) is 16.4. The summed E-state index contributed by atoms with van der Waals surface area (Å²) in [5.74, 6) is 0.0766. The normalized spacial score (nSPS) is 18.8. The smallest absolute Gasteiger partial charge is 0.271 e. The fraction of sp³-hybridized carbons (Fsp3) is 0.208. The Balaban J connectivity index is 1.75. The molecule has 0 N–H and O–H groups in total. The van der Waals surface area contributed by atoms with Crippen LogP contribution in [0.5, 0.6) is 0 Å². The molecule has 0 spiro atoms. The molecule has 5 rings (SSSR count). The number of hydrogen-bond donors (Lipinski definition) is 0.